The largest absolute Gasteiger partial charge is 0.394 e. The molecule has 0 heterocycles. The summed E-state index contributed by atoms with van der Waals surface area (Å²) in [7, 11) is 0. The Labute approximate surface area is 183 Å². The highest BCUT2D eigenvalue weighted by Crippen LogP contribution is 2.39. The summed E-state index contributed by atoms with van der Waals surface area (Å²) in [6.45, 7) is 6.85. The van der Waals surface area contributed by atoms with E-state index in [1.54, 1.807) is 0 Å². The number of unbranched alkanes of at least 4 members (excludes halogenated alkanes) is 1. The van der Waals surface area contributed by atoms with Crippen LogP contribution in [0.25, 0.3) is 11.1 Å². The van der Waals surface area contributed by atoms with Gasteiger partial charge in [0.15, 0.2) is 23.3 Å². The predicted octanol–water partition coefficient (Wildman–Crippen LogP) is 8.37. The summed E-state index contributed by atoms with van der Waals surface area (Å²) < 4.78 is 56.0. The minimum absolute atomic E-state index is 0.101. The third kappa shape index (κ3) is 5.61. The van der Waals surface area contributed by atoms with E-state index in [1.807, 2.05) is 12.1 Å². The lowest BCUT2D eigenvalue weighted by Crippen LogP contribution is -2.13. The summed E-state index contributed by atoms with van der Waals surface area (Å²) in [5, 5.41) is 0. The monoisotopic (exact) mass is 435 g/mol. The van der Waals surface area contributed by atoms with Gasteiger partial charge in [-0.15, -0.1) is 0 Å². The maximum atomic E-state index is 14.2. The topological polar surface area (TPSA) is 26.0 Å². The Kier molecular flexibility index (Phi) is 7.33. The van der Waals surface area contributed by atoms with Gasteiger partial charge < -0.3 is 5.73 Å². The second-order valence-corrected chi connectivity index (χ2v) is 10.2. The highest BCUT2D eigenvalue weighted by Gasteiger charge is 2.26. The first-order chi connectivity index (χ1) is 14.6. The fourth-order valence-corrected chi connectivity index (χ4v) is 4.70. The first kappa shape index (κ1) is 23.6. The predicted molar refractivity (Wildman–Crippen MR) is 119 cm³/mol. The van der Waals surface area contributed by atoms with Crippen molar-refractivity contribution in [3.8, 4) is 11.1 Å². The highest BCUT2D eigenvalue weighted by molar-refractivity contribution is 5.68. The second kappa shape index (κ2) is 9.62. The Balaban J connectivity index is 1.60. The molecule has 5 heteroatoms. The van der Waals surface area contributed by atoms with Gasteiger partial charge in [-0.2, -0.15) is 0 Å². The first-order valence-electron chi connectivity index (χ1n) is 11.3. The molecule has 2 N–H and O–H groups in total. The van der Waals surface area contributed by atoms with Gasteiger partial charge in [-0.25, -0.2) is 17.6 Å². The van der Waals surface area contributed by atoms with Gasteiger partial charge in [0.2, 0.25) is 0 Å². The van der Waals surface area contributed by atoms with Crippen LogP contribution >= 0.6 is 0 Å². The summed E-state index contributed by atoms with van der Waals surface area (Å²) in [5.41, 5.74) is 4.85. The van der Waals surface area contributed by atoms with Crippen LogP contribution in [0.2, 0.25) is 0 Å². The molecule has 0 radical (unpaired) electrons. The Morgan fingerprint density at radius 2 is 1.35 bits per heavy atom. The molecule has 1 saturated carbocycles. The lowest BCUT2D eigenvalue weighted by atomic mass is 9.76. The van der Waals surface area contributed by atoms with Crippen molar-refractivity contribution >= 4 is 5.69 Å². The van der Waals surface area contributed by atoms with Crippen molar-refractivity contribution in [1.82, 2.24) is 0 Å². The van der Waals surface area contributed by atoms with Gasteiger partial charge in [0.25, 0.3) is 0 Å². The standard InChI is InChI=1S/C26H33F4N/c1-26(2,3)15-5-4-6-16-7-9-17(10-8-16)18-11-13-19(14-12-18)20-21(27)23(29)25(31)24(30)22(20)28/h11-14,16-17H,4-10,15,31H2,1-3H3/t16-,17-. The van der Waals surface area contributed by atoms with Crippen molar-refractivity contribution in [2.24, 2.45) is 11.3 Å². The molecule has 1 aliphatic rings. The fourth-order valence-electron chi connectivity index (χ4n) is 4.70. The maximum Gasteiger partial charge on any atom is 0.185 e. The van der Waals surface area contributed by atoms with E-state index < -0.39 is 34.5 Å². The normalized spacial score (nSPS) is 19.6. The number of nitrogen functional groups attached to an aromatic ring is 1. The van der Waals surface area contributed by atoms with E-state index in [0.717, 1.165) is 24.3 Å². The molecular formula is C26H33F4N. The average molecular weight is 436 g/mol. The van der Waals surface area contributed by atoms with Gasteiger partial charge in [-0.3, -0.25) is 0 Å². The third-order valence-corrected chi connectivity index (χ3v) is 6.60. The van der Waals surface area contributed by atoms with Crippen molar-refractivity contribution in [2.75, 3.05) is 5.73 Å². The molecule has 0 atom stereocenters. The number of benzene rings is 2. The molecule has 0 aliphatic heterocycles. The van der Waals surface area contributed by atoms with Crippen LogP contribution in [0.1, 0.15) is 83.6 Å². The zero-order valence-corrected chi connectivity index (χ0v) is 18.7. The van der Waals surface area contributed by atoms with Crippen molar-refractivity contribution in [3.05, 3.63) is 53.1 Å². The molecule has 0 spiro atoms. The van der Waals surface area contributed by atoms with Crippen LogP contribution in [-0.2, 0) is 0 Å². The molecule has 170 valence electrons. The van der Waals surface area contributed by atoms with Gasteiger partial charge in [0, 0.05) is 0 Å². The van der Waals surface area contributed by atoms with Crippen LogP contribution < -0.4 is 5.73 Å². The van der Waals surface area contributed by atoms with Gasteiger partial charge in [-0.05, 0) is 60.5 Å². The fraction of sp³-hybridized carbons (Fsp3) is 0.538. The van der Waals surface area contributed by atoms with E-state index in [2.05, 4.69) is 20.8 Å². The number of hydrogen-bond donors (Lipinski definition) is 1. The molecule has 1 nitrogen and oxygen atoms in total. The maximum absolute atomic E-state index is 14.2. The third-order valence-electron chi connectivity index (χ3n) is 6.60. The summed E-state index contributed by atoms with van der Waals surface area (Å²) in [5.74, 6) is -4.85. The lowest BCUT2D eigenvalue weighted by molar-refractivity contribution is 0.290. The zero-order valence-electron chi connectivity index (χ0n) is 18.7. The summed E-state index contributed by atoms with van der Waals surface area (Å²) in [6, 6.07) is 6.69. The van der Waals surface area contributed by atoms with Crippen LogP contribution in [0.5, 0.6) is 0 Å². The Morgan fingerprint density at radius 3 is 1.87 bits per heavy atom. The van der Waals surface area contributed by atoms with Crippen molar-refractivity contribution in [3.63, 3.8) is 0 Å². The number of nitrogens with two attached hydrogens (primary N) is 1. The molecule has 31 heavy (non-hydrogen) atoms. The number of hydrogen-bond acceptors (Lipinski definition) is 1. The highest BCUT2D eigenvalue weighted by atomic mass is 19.2. The van der Waals surface area contributed by atoms with E-state index in [4.69, 9.17) is 5.73 Å². The minimum atomic E-state index is -1.56. The first-order valence-corrected chi connectivity index (χ1v) is 11.3. The van der Waals surface area contributed by atoms with Crippen molar-refractivity contribution < 1.29 is 17.6 Å². The van der Waals surface area contributed by atoms with Gasteiger partial charge >= 0.3 is 0 Å². The van der Waals surface area contributed by atoms with Crippen LogP contribution in [-0.4, -0.2) is 0 Å². The number of anilines is 1. The summed E-state index contributed by atoms with van der Waals surface area (Å²) >= 11 is 0. The van der Waals surface area contributed by atoms with E-state index in [-0.39, 0.29) is 5.56 Å². The molecule has 0 saturated heterocycles. The molecule has 0 amide bonds. The second-order valence-electron chi connectivity index (χ2n) is 10.2. The SMILES string of the molecule is CC(C)(C)CCCC[C@H]1CC[C@H](c2ccc(-c3c(F)c(F)c(N)c(F)c3F)cc2)CC1. The smallest absolute Gasteiger partial charge is 0.185 e. The Morgan fingerprint density at radius 1 is 0.806 bits per heavy atom. The summed E-state index contributed by atoms with van der Waals surface area (Å²) in [4.78, 5) is 0. The quantitative estimate of drug-likeness (QED) is 0.210. The zero-order chi connectivity index (χ0) is 22.8. The average Bonchev–Trinajstić information content (AvgIpc) is 2.74. The molecule has 0 unspecified atom stereocenters. The van der Waals surface area contributed by atoms with Gasteiger partial charge in [-0.1, -0.05) is 64.3 Å². The molecule has 2 aromatic carbocycles. The number of rotatable bonds is 6. The molecule has 1 aliphatic carbocycles. The van der Waals surface area contributed by atoms with Gasteiger partial charge in [0.1, 0.15) is 5.69 Å². The van der Waals surface area contributed by atoms with Crippen molar-refractivity contribution in [2.45, 2.75) is 78.1 Å². The van der Waals surface area contributed by atoms with Crippen molar-refractivity contribution in [1.29, 1.82) is 0 Å². The molecule has 3 rings (SSSR count). The van der Waals surface area contributed by atoms with Crippen LogP contribution in [0.3, 0.4) is 0 Å². The Hall–Kier alpha value is -2.04. The van der Waals surface area contributed by atoms with Gasteiger partial charge in [0.05, 0.1) is 5.56 Å². The molecule has 1 fully saturated rings. The van der Waals surface area contributed by atoms with Crippen LogP contribution in [0.4, 0.5) is 23.2 Å². The number of halogens is 4. The van der Waals surface area contributed by atoms with E-state index in [0.29, 0.717) is 11.3 Å². The van der Waals surface area contributed by atoms with E-state index in [1.165, 1.54) is 50.7 Å². The van der Waals surface area contributed by atoms with E-state index >= 15 is 0 Å². The molecular weight excluding hydrogens is 402 g/mol. The minimum Gasteiger partial charge on any atom is -0.394 e. The molecule has 2 aromatic rings. The van der Waals surface area contributed by atoms with Crippen LogP contribution in [0, 0.1) is 34.6 Å². The molecule has 0 bridgehead atoms. The van der Waals surface area contributed by atoms with Crippen LogP contribution in [0.15, 0.2) is 24.3 Å². The lowest BCUT2D eigenvalue weighted by Gasteiger charge is -2.29. The molecule has 0 aromatic heterocycles. The van der Waals surface area contributed by atoms with E-state index in [9.17, 15) is 17.6 Å². The Bertz CT molecular complexity index is 862. The summed E-state index contributed by atoms with van der Waals surface area (Å²) in [6.07, 6.45) is 9.69.